The summed E-state index contributed by atoms with van der Waals surface area (Å²) in [5.74, 6) is 0. The second-order valence-corrected chi connectivity index (χ2v) is 2.20. The Balaban J connectivity index is 2.93. The maximum absolute atomic E-state index is 4.12. The largest absolute Gasteiger partial charge is 0.471 e. The Hall–Kier alpha value is -1.44. The molecule has 2 rings (SSSR count). The third-order valence-electron chi connectivity index (χ3n) is 1.53. The van der Waals surface area contributed by atoms with Crippen LogP contribution in [0, 0.1) is 7.05 Å². The number of nitrogens with zero attached hydrogens (tertiary/aromatic N) is 2. The lowest BCUT2D eigenvalue weighted by atomic mass is 10.3. The van der Waals surface area contributed by atoms with E-state index in [4.69, 9.17) is 0 Å². The summed E-state index contributed by atoms with van der Waals surface area (Å²) in [6, 6.07) is 7.91. The maximum Gasteiger partial charge on any atom is 0.0182 e. The van der Waals surface area contributed by atoms with E-state index < -0.39 is 0 Å². The first-order valence-corrected chi connectivity index (χ1v) is 3.11. The van der Waals surface area contributed by atoms with E-state index in [1.54, 1.807) is 10.9 Å². The number of rotatable bonds is 0. The molecule has 1 aromatic heterocycles. The number of hydrogen-bond acceptors (Lipinski definition) is 1. The fraction of sp³-hybridized carbons (Fsp3) is 0. The molecule has 1 aromatic carbocycles. The van der Waals surface area contributed by atoms with E-state index in [1.807, 2.05) is 24.3 Å². The van der Waals surface area contributed by atoms with Crippen molar-refractivity contribution in [1.29, 1.82) is 0 Å². The summed E-state index contributed by atoms with van der Waals surface area (Å²) in [5, 5.41) is 0. The normalized spacial score (nSPS) is 10.4. The van der Waals surface area contributed by atoms with E-state index in [9.17, 15) is 0 Å². The molecule has 0 radical (unpaired) electrons. The van der Waals surface area contributed by atoms with Gasteiger partial charge in [-0.1, -0.05) is 18.2 Å². The molecule has 0 amide bonds. The molecule has 0 aliphatic rings. The molecule has 0 unspecified atom stereocenters. The molecule has 2 nitrogen and oxygen atoms in total. The molecule has 2 aromatic rings. The summed E-state index contributed by atoms with van der Waals surface area (Å²) in [6.07, 6.45) is 1.71. The summed E-state index contributed by atoms with van der Waals surface area (Å²) < 4.78 is 1.76. The van der Waals surface area contributed by atoms with Gasteiger partial charge in [-0.25, -0.2) is 0 Å². The predicted octanol–water partition coefficient (Wildman–Crippen LogP) is 1.68. The smallest absolute Gasteiger partial charge is 0.0182 e. The van der Waals surface area contributed by atoms with Crippen LogP contribution in [-0.2, 0) is 0 Å². The third-order valence-corrected chi connectivity index (χ3v) is 1.53. The van der Waals surface area contributed by atoms with Gasteiger partial charge in [0.15, 0.2) is 0 Å². The van der Waals surface area contributed by atoms with Crippen molar-refractivity contribution >= 4 is 11.0 Å². The minimum Gasteiger partial charge on any atom is -0.471 e. The highest BCUT2D eigenvalue weighted by Gasteiger charge is 1.85. The second-order valence-electron chi connectivity index (χ2n) is 2.20. The second kappa shape index (κ2) is 1.77. The van der Waals surface area contributed by atoms with E-state index >= 15 is 0 Å². The molecule has 0 aliphatic carbocycles. The van der Waals surface area contributed by atoms with Crippen molar-refractivity contribution in [3.05, 3.63) is 37.6 Å². The van der Waals surface area contributed by atoms with Crippen LogP contribution in [0.1, 0.15) is 0 Å². The molecule has 0 N–H and O–H groups in total. The number of benzene rings is 1. The van der Waals surface area contributed by atoms with Crippen molar-refractivity contribution in [3.8, 4) is 0 Å². The van der Waals surface area contributed by atoms with Crippen LogP contribution in [-0.4, -0.2) is 9.55 Å². The summed E-state index contributed by atoms with van der Waals surface area (Å²) >= 11 is 0. The fourth-order valence-electron chi connectivity index (χ4n) is 1.01. The van der Waals surface area contributed by atoms with Gasteiger partial charge in [-0.05, 0) is 17.9 Å². The van der Waals surface area contributed by atoms with Crippen molar-refractivity contribution in [2.75, 3.05) is 0 Å². The minimum absolute atomic E-state index is 0.998. The van der Waals surface area contributed by atoms with Gasteiger partial charge >= 0.3 is 0 Å². The van der Waals surface area contributed by atoms with Crippen LogP contribution in [0.15, 0.2) is 30.6 Å². The monoisotopic (exact) mass is 131 g/mol. The minimum atomic E-state index is 0.998. The van der Waals surface area contributed by atoms with Crippen LogP contribution >= 0.6 is 0 Å². The average Bonchev–Trinajstić information content (AvgIpc) is 2.34. The zero-order chi connectivity index (χ0) is 6.97. The van der Waals surface area contributed by atoms with Crippen molar-refractivity contribution in [1.82, 2.24) is 9.55 Å². The SMILES string of the molecule is [CH2-]n1cnc2ccccc21. The standard InChI is InChI=1S/C8H7N2/c1-10-6-9-7-4-2-3-5-8(7)10/h2-6H,1H2/q-1. The first kappa shape index (κ1) is 5.35. The molecule has 0 saturated heterocycles. The molecule has 0 bridgehead atoms. The Morgan fingerprint density at radius 1 is 1.30 bits per heavy atom. The highest BCUT2D eigenvalue weighted by molar-refractivity contribution is 5.75. The molecule has 2 heteroatoms. The number of imidazole rings is 1. The Morgan fingerprint density at radius 2 is 2.10 bits per heavy atom. The van der Waals surface area contributed by atoms with E-state index in [2.05, 4.69) is 12.0 Å². The van der Waals surface area contributed by atoms with Gasteiger partial charge in [0, 0.05) is 5.52 Å². The number of aromatic nitrogens is 2. The van der Waals surface area contributed by atoms with Crippen molar-refractivity contribution in [2.24, 2.45) is 0 Å². The third kappa shape index (κ3) is 0.589. The van der Waals surface area contributed by atoms with Crippen molar-refractivity contribution < 1.29 is 0 Å². The number of fused-ring (bicyclic) bond motifs is 1. The van der Waals surface area contributed by atoms with E-state index in [-0.39, 0.29) is 0 Å². The van der Waals surface area contributed by atoms with Gasteiger partial charge < -0.3 is 9.55 Å². The summed E-state index contributed by atoms with van der Waals surface area (Å²) in [5.41, 5.74) is 2.07. The lowest BCUT2D eigenvalue weighted by molar-refractivity contribution is 1.10. The maximum atomic E-state index is 4.12. The summed E-state index contributed by atoms with van der Waals surface area (Å²) in [6.45, 7) is 0. The number of hydrogen-bond donors (Lipinski definition) is 0. The summed E-state index contributed by atoms with van der Waals surface area (Å²) in [7, 11) is 3.76. The molecule has 50 valence electrons. The molecule has 0 spiro atoms. The molecule has 0 aliphatic heterocycles. The molecule has 10 heavy (non-hydrogen) atoms. The van der Waals surface area contributed by atoms with Gasteiger partial charge in [0.2, 0.25) is 0 Å². The lowest BCUT2D eigenvalue weighted by Crippen LogP contribution is -1.78. The average molecular weight is 131 g/mol. The van der Waals surface area contributed by atoms with Gasteiger partial charge in [0.05, 0.1) is 0 Å². The van der Waals surface area contributed by atoms with Crippen molar-refractivity contribution in [2.45, 2.75) is 0 Å². The zero-order valence-corrected chi connectivity index (χ0v) is 5.49. The summed E-state index contributed by atoms with van der Waals surface area (Å²) in [4.78, 5) is 4.12. The Kier molecular flexibility index (Phi) is 0.947. The van der Waals surface area contributed by atoms with Gasteiger partial charge in [-0.2, -0.15) is 0 Å². The Morgan fingerprint density at radius 3 is 2.90 bits per heavy atom. The zero-order valence-electron chi connectivity index (χ0n) is 5.49. The van der Waals surface area contributed by atoms with Gasteiger partial charge in [0.1, 0.15) is 0 Å². The van der Waals surface area contributed by atoms with Gasteiger partial charge in [-0.3, -0.25) is 0 Å². The van der Waals surface area contributed by atoms with E-state index in [0.29, 0.717) is 0 Å². The molecule has 1 heterocycles. The van der Waals surface area contributed by atoms with Crippen LogP contribution < -0.4 is 0 Å². The quantitative estimate of drug-likeness (QED) is 0.497. The van der Waals surface area contributed by atoms with Crippen LogP contribution in [0.4, 0.5) is 0 Å². The molecule has 0 atom stereocenters. The van der Waals surface area contributed by atoms with Gasteiger partial charge in [-0.15, -0.1) is 7.05 Å². The first-order valence-electron chi connectivity index (χ1n) is 3.11. The fourth-order valence-corrected chi connectivity index (χ4v) is 1.01. The first-order chi connectivity index (χ1) is 4.88. The van der Waals surface area contributed by atoms with Crippen molar-refractivity contribution in [3.63, 3.8) is 0 Å². The van der Waals surface area contributed by atoms with Crippen LogP contribution in [0.3, 0.4) is 0 Å². The topological polar surface area (TPSA) is 17.8 Å². The molecule has 0 saturated carbocycles. The Bertz CT molecular complexity index is 349. The predicted molar refractivity (Wildman–Crippen MR) is 40.5 cm³/mol. The van der Waals surface area contributed by atoms with Gasteiger partial charge in [0.25, 0.3) is 0 Å². The highest BCUT2D eigenvalue weighted by Crippen LogP contribution is 2.09. The Labute approximate surface area is 59.1 Å². The molecule has 0 fully saturated rings. The van der Waals surface area contributed by atoms with Crippen LogP contribution in [0.5, 0.6) is 0 Å². The van der Waals surface area contributed by atoms with E-state index in [1.165, 1.54) is 0 Å². The molecular weight excluding hydrogens is 124 g/mol. The van der Waals surface area contributed by atoms with E-state index in [0.717, 1.165) is 11.0 Å². The highest BCUT2D eigenvalue weighted by atomic mass is 15.0. The number of para-hydroxylation sites is 2. The van der Waals surface area contributed by atoms with Crippen LogP contribution in [0.2, 0.25) is 0 Å². The molecular formula is C8H7N2-. The van der Waals surface area contributed by atoms with Crippen LogP contribution in [0.25, 0.3) is 11.0 Å². The lowest BCUT2D eigenvalue weighted by Gasteiger charge is -2.00.